The van der Waals surface area contributed by atoms with E-state index in [4.69, 9.17) is 14.5 Å². The van der Waals surface area contributed by atoms with E-state index in [2.05, 4.69) is 31.0 Å². The minimum Gasteiger partial charge on any atom is -0.486 e. The average molecular weight is 485 g/mol. The van der Waals surface area contributed by atoms with Crippen LogP contribution in [0.5, 0.6) is 11.5 Å². The maximum Gasteiger partial charge on any atom is 0.260 e. The van der Waals surface area contributed by atoms with Crippen molar-refractivity contribution in [2.75, 3.05) is 24.7 Å². The van der Waals surface area contributed by atoms with E-state index < -0.39 is 0 Å². The number of amides is 1. The summed E-state index contributed by atoms with van der Waals surface area (Å²) in [6.07, 6.45) is 6.25. The molecule has 1 aliphatic rings. The fourth-order valence-corrected chi connectivity index (χ4v) is 4.83. The van der Waals surface area contributed by atoms with Crippen molar-refractivity contribution in [1.82, 2.24) is 14.5 Å². The molecule has 0 fully saturated rings. The van der Waals surface area contributed by atoms with Gasteiger partial charge in [0.2, 0.25) is 0 Å². The number of rotatable bonds is 6. The van der Waals surface area contributed by atoms with Crippen LogP contribution in [-0.2, 0) is 6.54 Å². The number of imidazole rings is 1. The van der Waals surface area contributed by atoms with Crippen molar-refractivity contribution in [2.45, 2.75) is 26.8 Å². The Morgan fingerprint density at radius 2 is 1.97 bits per heavy atom. The molecule has 5 rings (SSSR count). The Balaban J connectivity index is 0.00000259. The van der Waals surface area contributed by atoms with E-state index in [1.807, 2.05) is 10.8 Å². The summed E-state index contributed by atoms with van der Waals surface area (Å²) in [6.45, 7) is 6.47. The Kier molecular flexibility index (Phi) is 6.85. The molecular weight excluding hydrogens is 460 g/mol. The molecule has 2 aromatic heterocycles. The quantitative estimate of drug-likeness (QED) is 0.383. The Bertz CT molecular complexity index is 1270. The predicted molar refractivity (Wildman–Crippen MR) is 132 cm³/mol. The molecule has 2 aromatic carbocycles. The summed E-state index contributed by atoms with van der Waals surface area (Å²) in [7, 11) is 0. The molecule has 0 N–H and O–H groups in total. The van der Waals surface area contributed by atoms with Crippen LogP contribution in [0.15, 0.2) is 49.1 Å². The molecule has 0 saturated carbocycles. The molecule has 3 heterocycles. The third-order valence-electron chi connectivity index (χ3n) is 5.70. The van der Waals surface area contributed by atoms with Crippen LogP contribution in [0.25, 0.3) is 10.2 Å². The average Bonchev–Trinajstić information content (AvgIpc) is 3.49. The van der Waals surface area contributed by atoms with Gasteiger partial charge in [-0.1, -0.05) is 17.4 Å². The summed E-state index contributed by atoms with van der Waals surface area (Å²) in [5.41, 5.74) is 3.86. The molecule has 0 atom stereocenters. The second kappa shape index (κ2) is 9.80. The zero-order chi connectivity index (χ0) is 22.1. The van der Waals surface area contributed by atoms with E-state index in [-0.39, 0.29) is 18.3 Å². The molecule has 33 heavy (non-hydrogen) atoms. The molecule has 0 aliphatic carbocycles. The standard InChI is InChI=1S/C24H24N4O3S.ClH/c1-16-4-7-21-22(17(16)2)26-24(32-21)28(10-3-9-27-11-8-25-15-27)23(29)18-5-6-19-20(14-18)31-13-12-30-19;/h4-8,11,14-15H,3,9-10,12-13H2,1-2H3;1H. The second-order valence-corrected chi connectivity index (χ2v) is 8.83. The second-order valence-electron chi connectivity index (χ2n) is 7.82. The highest BCUT2D eigenvalue weighted by molar-refractivity contribution is 7.22. The van der Waals surface area contributed by atoms with Gasteiger partial charge in [-0.2, -0.15) is 0 Å². The van der Waals surface area contributed by atoms with Gasteiger partial charge in [0.25, 0.3) is 5.91 Å². The molecule has 0 unspecified atom stereocenters. The third kappa shape index (κ3) is 4.67. The van der Waals surface area contributed by atoms with Gasteiger partial charge in [-0.3, -0.25) is 9.69 Å². The smallest absolute Gasteiger partial charge is 0.260 e. The molecule has 0 spiro atoms. The molecule has 1 amide bonds. The van der Waals surface area contributed by atoms with Gasteiger partial charge in [0.1, 0.15) is 13.2 Å². The van der Waals surface area contributed by atoms with Crippen molar-refractivity contribution in [3.05, 3.63) is 65.7 Å². The number of nitrogens with zero attached hydrogens (tertiary/aromatic N) is 4. The van der Waals surface area contributed by atoms with Gasteiger partial charge in [-0.25, -0.2) is 9.97 Å². The van der Waals surface area contributed by atoms with Crippen LogP contribution in [0.2, 0.25) is 0 Å². The Labute approximate surface area is 202 Å². The lowest BCUT2D eigenvalue weighted by atomic mass is 10.1. The number of anilines is 1. The summed E-state index contributed by atoms with van der Waals surface area (Å²) in [4.78, 5) is 24.4. The van der Waals surface area contributed by atoms with Crippen LogP contribution in [0.4, 0.5) is 5.13 Å². The first-order valence-corrected chi connectivity index (χ1v) is 11.5. The number of fused-ring (bicyclic) bond motifs is 2. The zero-order valence-electron chi connectivity index (χ0n) is 18.5. The monoisotopic (exact) mass is 484 g/mol. The van der Waals surface area contributed by atoms with Crippen molar-refractivity contribution >= 4 is 45.0 Å². The van der Waals surface area contributed by atoms with E-state index in [1.54, 1.807) is 47.0 Å². The number of benzene rings is 2. The maximum absolute atomic E-state index is 13.6. The number of thiazole rings is 1. The number of carbonyl (C=O) groups is 1. The molecule has 172 valence electrons. The van der Waals surface area contributed by atoms with Crippen LogP contribution in [0.1, 0.15) is 27.9 Å². The Morgan fingerprint density at radius 1 is 1.15 bits per heavy atom. The lowest BCUT2D eigenvalue weighted by molar-refractivity contribution is 0.0985. The number of aryl methyl sites for hydroxylation is 3. The lowest BCUT2D eigenvalue weighted by Crippen LogP contribution is -2.32. The number of carbonyl (C=O) groups excluding carboxylic acids is 1. The van der Waals surface area contributed by atoms with Crippen molar-refractivity contribution < 1.29 is 14.3 Å². The summed E-state index contributed by atoms with van der Waals surface area (Å²) >= 11 is 1.55. The van der Waals surface area contributed by atoms with Crippen LogP contribution in [-0.4, -0.2) is 40.2 Å². The molecule has 0 saturated heterocycles. The highest BCUT2D eigenvalue weighted by atomic mass is 35.5. The van der Waals surface area contributed by atoms with Gasteiger partial charge < -0.3 is 14.0 Å². The molecule has 0 bridgehead atoms. The molecular formula is C24H25ClN4O3S. The van der Waals surface area contributed by atoms with Gasteiger partial charge in [0, 0.05) is 31.0 Å². The highest BCUT2D eigenvalue weighted by Crippen LogP contribution is 2.35. The van der Waals surface area contributed by atoms with Crippen molar-refractivity contribution in [3.8, 4) is 11.5 Å². The first kappa shape index (κ1) is 23.1. The molecule has 7 nitrogen and oxygen atoms in total. The van der Waals surface area contributed by atoms with E-state index in [1.165, 1.54) is 5.56 Å². The van der Waals surface area contributed by atoms with E-state index in [0.717, 1.165) is 28.7 Å². The van der Waals surface area contributed by atoms with E-state index >= 15 is 0 Å². The number of ether oxygens (including phenoxy) is 2. The van der Waals surface area contributed by atoms with E-state index in [0.29, 0.717) is 42.0 Å². The fourth-order valence-electron chi connectivity index (χ4n) is 3.78. The number of hydrogen-bond donors (Lipinski definition) is 0. The first-order valence-electron chi connectivity index (χ1n) is 10.6. The Morgan fingerprint density at radius 3 is 2.76 bits per heavy atom. The summed E-state index contributed by atoms with van der Waals surface area (Å²) in [6, 6.07) is 9.55. The maximum atomic E-state index is 13.6. The highest BCUT2D eigenvalue weighted by Gasteiger charge is 2.24. The molecule has 1 aliphatic heterocycles. The van der Waals surface area contributed by atoms with Gasteiger partial charge in [-0.15, -0.1) is 12.4 Å². The van der Waals surface area contributed by atoms with Gasteiger partial charge in [0.05, 0.1) is 16.5 Å². The van der Waals surface area contributed by atoms with E-state index in [9.17, 15) is 4.79 Å². The van der Waals surface area contributed by atoms with Crippen molar-refractivity contribution in [2.24, 2.45) is 0 Å². The van der Waals surface area contributed by atoms with Crippen molar-refractivity contribution in [3.63, 3.8) is 0 Å². The van der Waals surface area contributed by atoms with Crippen LogP contribution in [0.3, 0.4) is 0 Å². The molecule has 0 radical (unpaired) electrons. The fraction of sp³-hybridized carbons (Fsp3) is 0.292. The number of aromatic nitrogens is 3. The molecule has 4 aromatic rings. The minimum atomic E-state index is -0.0963. The zero-order valence-corrected chi connectivity index (χ0v) is 20.1. The Hall–Kier alpha value is -3.10. The number of hydrogen-bond acceptors (Lipinski definition) is 6. The largest absolute Gasteiger partial charge is 0.486 e. The van der Waals surface area contributed by atoms with Gasteiger partial charge in [0.15, 0.2) is 16.6 Å². The molecule has 9 heteroatoms. The summed E-state index contributed by atoms with van der Waals surface area (Å²) < 4.78 is 14.4. The normalized spacial score (nSPS) is 12.4. The van der Waals surface area contributed by atoms with Crippen molar-refractivity contribution in [1.29, 1.82) is 0 Å². The topological polar surface area (TPSA) is 69.5 Å². The minimum absolute atomic E-state index is 0. The van der Waals surface area contributed by atoms with Gasteiger partial charge >= 0.3 is 0 Å². The number of halogens is 1. The van der Waals surface area contributed by atoms with Crippen LogP contribution < -0.4 is 14.4 Å². The van der Waals surface area contributed by atoms with Gasteiger partial charge in [-0.05, 0) is 55.7 Å². The third-order valence-corrected chi connectivity index (χ3v) is 6.74. The summed E-state index contributed by atoms with van der Waals surface area (Å²) in [5.74, 6) is 1.18. The van der Waals surface area contributed by atoms with Crippen LogP contribution >= 0.6 is 23.7 Å². The van der Waals surface area contributed by atoms with Crippen LogP contribution in [0, 0.1) is 13.8 Å². The summed E-state index contributed by atoms with van der Waals surface area (Å²) in [5, 5.41) is 0.708. The first-order chi connectivity index (χ1) is 15.6. The lowest BCUT2D eigenvalue weighted by Gasteiger charge is -2.22. The SMILES string of the molecule is Cc1ccc2sc(N(CCCn3ccnc3)C(=O)c3ccc4c(c3)OCCO4)nc2c1C.Cl. The predicted octanol–water partition coefficient (Wildman–Crippen LogP) is 5.04.